The summed E-state index contributed by atoms with van der Waals surface area (Å²) in [4.78, 5) is 12.0. The van der Waals surface area contributed by atoms with Crippen molar-refractivity contribution in [3.8, 4) is 0 Å². The molecule has 2 aromatic rings. The molecule has 1 aromatic carbocycles. The van der Waals surface area contributed by atoms with Gasteiger partial charge in [0.05, 0.1) is 12.3 Å². The molecule has 1 heterocycles. The van der Waals surface area contributed by atoms with Gasteiger partial charge in [0.1, 0.15) is 0 Å². The van der Waals surface area contributed by atoms with Gasteiger partial charge in [-0.3, -0.25) is 4.79 Å². The Bertz CT molecular complexity index is 713. The average Bonchev–Trinajstić information content (AvgIpc) is 3.09. The molecular formula is C18H23N5OS. The van der Waals surface area contributed by atoms with Gasteiger partial charge in [0.15, 0.2) is 0 Å². The van der Waals surface area contributed by atoms with E-state index < -0.39 is 0 Å². The first-order valence-electron chi connectivity index (χ1n) is 8.69. The quantitative estimate of drug-likeness (QED) is 0.581. The number of carbonyl (C=O) groups is 1. The molecule has 0 radical (unpaired) electrons. The van der Waals surface area contributed by atoms with Crippen LogP contribution in [0.3, 0.4) is 0 Å². The highest BCUT2D eigenvalue weighted by molar-refractivity contribution is 7.99. The number of aromatic nitrogens is 4. The maximum Gasteiger partial charge on any atom is 0.230 e. The van der Waals surface area contributed by atoms with Crippen LogP contribution in [0.5, 0.6) is 0 Å². The Labute approximate surface area is 152 Å². The van der Waals surface area contributed by atoms with Gasteiger partial charge in [-0.25, -0.2) is 4.68 Å². The summed E-state index contributed by atoms with van der Waals surface area (Å²) in [6.07, 6.45) is 8.22. The lowest BCUT2D eigenvalue weighted by Crippen LogP contribution is -2.26. The van der Waals surface area contributed by atoms with Crippen LogP contribution in [0.2, 0.25) is 0 Å². The Morgan fingerprint density at radius 3 is 2.92 bits per heavy atom. The van der Waals surface area contributed by atoms with Crippen LogP contribution in [-0.4, -0.2) is 38.4 Å². The van der Waals surface area contributed by atoms with Crippen molar-refractivity contribution in [2.45, 2.75) is 43.8 Å². The number of thioether (sulfide) groups is 1. The largest absolute Gasteiger partial charge is 0.355 e. The molecule has 132 valence electrons. The van der Waals surface area contributed by atoms with Crippen molar-refractivity contribution in [3.63, 3.8) is 0 Å². The van der Waals surface area contributed by atoms with E-state index in [1.807, 2.05) is 30.3 Å². The fourth-order valence-corrected chi connectivity index (χ4v) is 3.54. The van der Waals surface area contributed by atoms with Crippen molar-refractivity contribution < 1.29 is 4.79 Å². The monoisotopic (exact) mass is 357 g/mol. The Morgan fingerprint density at radius 1 is 1.24 bits per heavy atom. The zero-order chi connectivity index (χ0) is 17.3. The Morgan fingerprint density at radius 2 is 2.12 bits per heavy atom. The molecule has 25 heavy (non-hydrogen) atoms. The predicted octanol–water partition coefficient (Wildman–Crippen LogP) is 2.82. The summed E-state index contributed by atoms with van der Waals surface area (Å²) in [5, 5.41) is 15.4. The van der Waals surface area contributed by atoms with Gasteiger partial charge >= 0.3 is 0 Å². The highest BCUT2D eigenvalue weighted by Gasteiger charge is 2.11. The van der Waals surface area contributed by atoms with Crippen LogP contribution in [0.15, 0.2) is 47.1 Å². The number of carbonyl (C=O) groups excluding carboxylic acids is 1. The molecule has 6 nitrogen and oxygen atoms in total. The predicted molar refractivity (Wildman–Crippen MR) is 98.3 cm³/mol. The van der Waals surface area contributed by atoms with Crippen LogP contribution in [0, 0.1) is 0 Å². The first-order valence-corrected chi connectivity index (χ1v) is 9.67. The maximum atomic E-state index is 12.0. The second-order valence-corrected chi connectivity index (χ2v) is 7.04. The van der Waals surface area contributed by atoms with Crippen molar-refractivity contribution in [3.05, 3.63) is 47.5 Å². The number of amides is 1. The minimum atomic E-state index is 0.0238. The number of nitrogens with one attached hydrogen (secondary N) is 1. The number of hydrogen-bond donors (Lipinski definition) is 1. The number of allylic oxidation sites excluding steroid dienone is 1. The third-order valence-electron chi connectivity index (χ3n) is 4.16. The molecular weight excluding hydrogens is 334 g/mol. The number of rotatable bonds is 8. The molecule has 1 N–H and O–H groups in total. The van der Waals surface area contributed by atoms with Crippen LogP contribution in [-0.2, 0) is 11.3 Å². The number of nitrogens with zero attached hydrogens (tertiary/aromatic N) is 4. The highest BCUT2D eigenvalue weighted by atomic mass is 32.2. The highest BCUT2D eigenvalue weighted by Crippen LogP contribution is 2.19. The van der Waals surface area contributed by atoms with E-state index in [9.17, 15) is 4.79 Å². The molecule has 0 saturated heterocycles. The lowest BCUT2D eigenvalue weighted by atomic mass is 9.97. The van der Waals surface area contributed by atoms with Crippen molar-refractivity contribution in [1.29, 1.82) is 0 Å². The number of tetrazole rings is 1. The van der Waals surface area contributed by atoms with E-state index in [1.165, 1.54) is 43.0 Å². The van der Waals surface area contributed by atoms with Gasteiger partial charge in [0.2, 0.25) is 11.1 Å². The van der Waals surface area contributed by atoms with Gasteiger partial charge in [0, 0.05) is 6.54 Å². The smallest absolute Gasteiger partial charge is 0.230 e. The van der Waals surface area contributed by atoms with Gasteiger partial charge in [-0.1, -0.05) is 53.7 Å². The maximum absolute atomic E-state index is 12.0. The molecule has 0 aliphatic heterocycles. The average molecular weight is 357 g/mol. The molecule has 3 rings (SSSR count). The third-order valence-corrected chi connectivity index (χ3v) is 5.12. The van der Waals surface area contributed by atoms with E-state index in [4.69, 9.17) is 0 Å². The van der Waals surface area contributed by atoms with Crippen molar-refractivity contribution >= 4 is 17.7 Å². The van der Waals surface area contributed by atoms with Crippen LogP contribution in [0.4, 0.5) is 0 Å². The van der Waals surface area contributed by atoms with Gasteiger partial charge in [-0.05, 0) is 48.1 Å². The summed E-state index contributed by atoms with van der Waals surface area (Å²) in [5.74, 6) is 0.351. The lowest BCUT2D eigenvalue weighted by Gasteiger charge is -2.12. The van der Waals surface area contributed by atoms with Crippen molar-refractivity contribution in [2.24, 2.45) is 0 Å². The first kappa shape index (κ1) is 17.7. The van der Waals surface area contributed by atoms with Gasteiger partial charge in [0.25, 0.3) is 0 Å². The molecule has 7 heteroatoms. The van der Waals surface area contributed by atoms with E-state index in [-0.39, 0.29) is 5.91 Å². The standard InChI is InChI=1S/C18H23N5OS/c24-17(19-12-11-15-7-3-1-4-8-15)14-25-18-20-21-22-23(18)13-16-9-5-2-6-10-16/h2,5-7,9-10H,1,3-4,8,11-14H2,(H,19,24). The van der Waals surface area contributed by atoms with E-state index in [2.05, 4.69) is 26.9 Å². The Kier molecular flexibility index (Phi) is 6.62. The molecule has 0 unspecified atom stereocenters. The summed E-state index contributed by atoms with van der Waals surface area (Å²) in [6, 6.07) is 10.0. The molecule has 0 bridgehead atoms. The normalized spacial score (nSPS) is 14.2. The van der Waals surface area contributed by atoms with Gasteiger partial charge in [-0.15, -0.1) is 5.10 Å². The Balaban J connectivity index is 1.41. The van der Waals surface area contributed by atoms with Crippen LogP contribution in [0.25, 0.3) is 0 Å². The summed E-state index contributed by atoms with van der Waals surface area (Å²) >= 11 is 1.37. The van der Waals surface area contributed by atoms with Crippen molar-refractivity contribution in [2.75, 3.05) is 12.3 Å². The third kappa shape index (κ3) is 5.70. The molecule has 0 spiro atoms. The summed E-state index contributed by atoms with van der Waals surface area (Å²) < 4.78 is 1.72. The fourth-order valence-electron chi connectivity index (χ4n) is 2.83. The molecule has 0 fully saturated rings. The number of benzene rings is 1. The molecule has 1 aliphatic carbocycles. The first-order chi connectivity index (χ1) is 12.3. The van der Waals surface area contributed by atoms with E-state index in [1.54, 1.807) is 4.68 Å². The van der Waals surface area contributed by atoms with Crippen LogP contribution < -0.4 is 5.32 Å². The zero-order valence-corrected chi connectivity index (χ0v) is 15.0. The molecule has 1 aliphatic rings. The summed E-state index contributed by atoms with van der Waals surface area (Å²) in [6.45, 7) is 1.31. The zero-order valence-electron chi connectivity index (χ0n) is 14.2. The van der Waals surface area contributed by atoms with Gasteiger partial charge in [-0.2, -0.15) is 0 Å². The van der Waals surface area contributed by atoms with E-state index in [0.717, 1.165) is 12.0 Å². The van der Waals surface area contributed by atoms with E-state index >= 15 is 0 Å². The van der Waals surface area contributed by atoms with Gasteiger partial charge < -0.3 is 5.32 Å². The minimum Gasteiger partial charge on any atom is -0.355 e. The summed E-state index contributed by atoms with van der Waals surface area (Å²) in [7, 11) is 0. The SMILES string of the molecule is O=C(CSc1nnnn1Cc1ccccc1)NCCC1=CCCCC1. The summed E-state index contributed by atoms with van der Waals surface area (Å²) in [5.41, 5.74) is 2.60. The molecule has 0 saturated carbocycles. The second-order valence-electron chi connectivity index (χ2n) is 6.10. The molecule has 1 amide bonds. The lowest BCUT2D eigenvalue weighted by molar-refractivity contribution is -0.118. The minimum absolute atomic E-state index is 0.0238. The fraction of sp³-hybridized carbons (Fsp3) is 0.444. The van der Waals surface area contributed by atoms with Crippen LogP contribution in [0.1, 0.15) is 37.7 Å². The van der Waals surface area contributed by atoms with Crippen molar-refractivity contribution in [1.82, 2.24) is 25.5 Å². The molecule has 1 aromatic heterocycles. The topological polar surface area (TPSA) is 72.7 Å². The second kappa shape index (κ2) is 9.36. The number of hydrogen-bond acceptors (Lipinski definition) is 5. The molecule has 0 atom stereocenters. The van der Waals surface area contributed by atoms with E-state index in [0.29, 0.717) is 24.0 Å². The van der Waals surface area contributed by atoms with Crippen LogP contribution >= 0.6 is 11.8 Å². The Hall–Kier alpha value is -2.15.